The Labute approximate surface area is 164 Å². The molecule has 1 N–H and O–H groups in total. The molecule has 1 fully saturated rings. The maximum absolute atomic E-state index is 13.0. The summed E-state index contributed by atoms with van der Waals surface area (Å²) < 4.78 is 15.9. The van der Waals surface area contributed by atoms with Crippen molar-refractivity contribution in [1.82, 2.24) is 0 Å². The summed E-state index contributed by atoms with van der Waals surface area (Å²) >= 11 is 0. The average molecular weight is 387 g/mol. The van der Waals surface area contributed by atoms with E-state index < -0.39 is 17.4 Å². The van der Waals surface area contributed by atoms with Crippen LogP contribution in [0.2, 0.25) is 0 Å². The fourth-order valence-corrected chi connectivity index (χ4v) is 3.58. The first-order valence-corrected chi connectivity index (χ1v) is 9.27. The molecule has 0 spiro atoms. The zero-order valence-electron chi connectivity index (χ0n) is 16.4. The van der Waals surface area contributed by atoms with Gasteiger partial charge in [-0.3, -0.25) is 4.79 Å². The summed E-state index contributed by atoms with van der Waals surface area (Å²) in [5.74, 6) is 3.70. The number of ether oxygens (including phenoxy) is 3. The lowest BCUT2D eigenvalue weighted by molar-refractivity contribution is -0.153. The van der Waals surface area contributed by atoms with Gasteiger partial charge in [-0.15, -0.1) is 0 Å². The van der Waals surface area contributed by atoms with Gasteiger partial charge in [0.1, 0.15) is 23.1 Å². The lowest BCUT2D eigenvalue weighted by Crippen LogP contribution is -2.49. The van der Waals surface area contributed by atoms with E-state index in [2.05, 4.69) is 5.32 Å². The summed E-state index contributed by atoms with van der Waals surface area (Å²) in [6, 6.07) is 6.03. The minimum Gasteiger partial charge on any atom is -0.497 e. The van der Waals surface area contributed by atoms with E-state index in [9.17, 15) is 14.4 Å². The highest BCUT2D eigenvalue weighted by molar-refractivity contribution is 5.88. The number of hydrogen-bond donors (Lipinski definition) is 1. The molecule has 2 atom stereocenters. The number of rotatable bonds is 9. The van der Waals surface area contributed by atoms with Gasteiger partial charge in [-0.25, -0.2) is 9.59 Å². The number of carbonyl (C=O) groups is 1. The van der Waals surface area contributed by atoms with Crippen LogP contribution >= 0.6 is 0 Å². The number of nitrogens with one attached hydrogen (secondary N) is 1. The molecule has 1 aromatic carbocycles. The van der Waals surface area contributed by atoms with E-state index in [1.165, 1.54) is 0 Å². The van der Waals surface area contributed by atoms with Crippen LogP contribution in [0.15, 0.2) is 35.6 Å². The van der Waals surface area contributed by atoms with Gasteiger partial charge in [-0.1, -0.05) is 0 Å². The Hall–Kier alpha value is -3.01. The molecular formula is C21H25NO6. The van der Waals surface area contributed by atoms with Gasteiger partial charge >= 0.3 is 5.97 Å². The molecule has 0 radical (unpaired) electrons. The first-order valence-electron chi connectivity index (χ1n) is 9.27. The molecule has 7 heteroatoms. The largest absolute Gasteiger partial charge is 0.497 e. The number of esters is 1. The van der Waals surface area contributed by atoms with Crippen LogP contribution in [0.1, 0.15) is 33.1 Å². The van der Waals surface area contributed by atoms with Gasteiger partial charge in [0.2, 0.25) is 5.76 Å². The number of benzene rings is 1. The molecule has 7 nitrogen and oxygen atoms in total. The fourth-order valence-electron chi connectivity index (χ4n) is 3.58. The van der Waals surface area contributed by atoms with Crippen LogP contribution in [0, 0.1) is 5.41 Å². The second-order valence-electron chi connectivity index (χ2n) is 6.33. The summed E-state index contributed by atoms with van der Waals surface area (Å²) in [5, 5.41) is 3.17. The van der Waals surface area contributed by atoms with Gasteiger partial charge in [-0.05, 0) is 57.4 Å². The van der Waals surface area contributed by atoms with Crippen LogP contribution in [-0.4, -0.2) is 44.2 Å². The predicted octanol–water partition coefficient (Wildman–Crippen LogP) is 2.72. The first-order chi connectivity index (χ1) is 13.6. The topological polar surface area (TPSA) is 90.9 Å². The van der Waals surface area contributed by atoms with Gasteiger partial charge in [0, 0.05) is 11.3 Å². The Kier molecular flexibility index (Phi) is 7.44. The maximum atomic E-state index is 13.0. The van der Waals surface area contributed by atoms with E-state index in [0.29, 0.717) is 30.7 Å². The van der Waals surface area contributed by atoms with Crippen molar-refractivity contribution in [1.29, 1.82) is 0 Å². The molecule has 1 aliphatic rings. The third-order valence-electron chi connectivity index (χ3n) is 4.86. The Morgan fingerprint density at radius 3 is 2.39 bits per heavy atom. The highest BCUT2D eigenvalue weighted by atomic mass is 16.5. The number of anilines is 1. The third kappa shape index (κ3) is 4.11. The van der Waals surface area contributed by atoms with Crippen molar-refractivity contribution in [3.8, 4) is 5.75 Å². The van der Waals surface area contributed by atoms with Crippen LogP contribution in [0.3, 0.4) is 0 Å². The molecule has 1 saturated carbocycles. The molecule has 150 valence electrons. The smallest absolute Gasteiger partial charge is 0.319 e. The summed E-state index contributed by atoms with van der Waals surface area (Å²) in [7, 11) is 1.56. The number of methoxy groups -OCH3 is 1. The normalized spacial score (nSPS) is 19.2. The molecule has 1 aliphatic carbocycles. The quantitative estimate of drug-likeness (QED) is 0.396. The molecule has 0 heterocycles. The zero-order chi connectivity index (χ0) is 20.6. The Morgan fingerprint density at radius 2 is 1.86 bits per heavy atom. The van der Waals surface area contributed by atoms with E-state index >= 15 is 0 Å². The second kappa shape index (κ2) is 9.79. The van der Waals surface area contributed by atoms with Crippen molar-refractivity contribution >= 4 is 23.5 Å². The molecule has 0 aromatic heterocycles. The van der Waals surface area contributed by atoms with Gasteiger partial charge < -0.3 is 19.5 Å². The van der Waals surface area contributed by atoms with E-state index in [-0.39, 0.29) is 24.5 Å². The van der Waals surface area contributed by atoms with Crippen LogP contribution in [0.25, 0.3) is 0 Å². The highest BCUT2D eigenvalue weighted by Crippen LogP contribution is 2.48. The van der Waals surface area contributed by atoms with Crippen LogP contribution in [0.5, 0.6) is 5.75 Å². The predicted molar refractivity (Wildman–Crippen MR) is 103 cm³/mol. The summed E-state index contributed by atoms with van der Waals surface area (Å²) in [6.45, 7) is 3.78. The van der Waals surface area contributed by atoms with Gasteiger partial charge in [-0.2, -0.15) is 0 Å². The second-order valence-corrected chi connectivity index (χ2v) is 6.33. The fraction of sp³-hybridized carbons (Fsp3) is 0.476. The monoisotopic (exact) mass is 387 g/mol. The van der Waals surface area contributed by atoms with Crippen LogP contribution < -0.4 is 10.1 Å². The third-order valence-corrected chi connectivity index (χ3v) is 4.86. The molecular weight excluding hydrogens is 362 g/mol. The molecule has 2 rings (SSSR count). The summed E-state index contributed by atoms with van der Waals surface area (Å²) in [5.41, 5.74) is -0.483. The zero-order valence-corrected chi connectivity index (χ0v) is 16.4. The lowest BCUT2D eigenvalue weighted by Gasteiger charge is -2.36. The Morgan fingerprint density at radius 1 is 1.18 bits per heavy atom. The summed E-state index contributed by atoms with van der Waals surface area (Å²) in [6.07, 6.45) is 1.34. The van der Waals surface area contributed by atoms with Crippen molar-refractivity contribution in [2.24, 2.45) is 5.41 Å². The molecule has 2 unspecified atom stereocenters. The van der Waals surface area contributed by atoms with Crippen molar-refractivity contribution in [3.63, 3.8) is 0 Å². The van der Waals surface area contributed by atoms with Gasteiger partial charge in [0.05, 0.1) is 20.3 Å². The standard InChI is InChI=1S/C21H25NO6/c1-4-27-18(14-24)19(22-16-8-10-17(26-3)11-9-16)21(20(25)28-5-2)12-6-7-15(21)13-23/h8-11,19,22H,4-7,12H2,1-3H3. The van der Waals surface area contributed by atoms with Crippen molar-refractivity contribution in [2.45, 2.75) is 39.2 Å². The molecule has 1 aromatic rings. The van der Waals surface area contributed by atoms with Gasteiger partial charge in [0.15, 0.2) is 5.94 Å². The van der Waals surface area contributed by atoms with E-state index in [1.54, 1.807) is 51.2 Å². The Bertz CT molecular complexity index is 790. The lowest BCUT2D eigenvalue weighted by atomic mass is 9.74. The van der Waals surface area contributed by atoms with E-state index in [1.807, 2.05) is 5.94 Å². The first kappa shape index (κ1) is 21.3. The maximum Gasteiger partial charge on any atom is 0.319 e. The molecule has 0 amide bonds. The number of carbonyl (C=O) groups excluding carboxylic acids is 3. The van der Waals surface area contributed by atoms with Crippen LogP contribution in [-0.2, 0) is 23.9 Å². The minimum absolute atomic E-state index is 0.0824. The van der Waals surface area contributed by atoms with Crippen molar-refractivity contribution in [3.05, 3.63) is 35.6 Å². The molecule has 0 aliphatic heterocycles. The van der Waals surface area contributed by atoms with E-state index in [4.69, 9.17) is 14.2 Å². The van der Waals surface area contributed by atoms with Crippen molar-refractivity contribution in [2.75, 3.05) is 25.6 Å². The van der Waals surface area contributed by atoms with Crippen LogP contribution in [0.4, 0.5) is 5.69 Å². The average Bonchev–Trinajstić information content (AvgIpc) is 3.16. The molecule has 0 saturated heterocycles. The SMILES string of the molecule is CCOC(=O)C1(C(Nc2ccc(OC)cc2)C(=C=O)OCC)CCCC1=C=O. The Balaban J connectivity index is 2.57. The van der Waals surface area contributed by atoms with Gasteiger partial charge in [0.25, 0.3) is 0 Å². The van der Waals surface area contributed by atoms with Crippen molar-refractivity contribution < 1.29 is 28.6 Å². The highest BCUT2D eigenvalue weighted by Gasteiger charge is 2.56. The van der Waals surface area contributed by atoms with E-state index in [0.717, 1.165) is 0 Å². The molecule has 0 bridgehead atoms. The molecule has 28 heavy (non-hydrogen) atoms. The minimum atomic E-state index is -1.38. The summed E-state index contributed by atoms with van der Waals surface area (Å²) in [4.78, 5) is 36.4. The number of hydrogen-bond acceptors (Lipinski definition) is 7.